The van der Waals surface area contributed by atoms with Crippen molar-refractivity contribution in [1.82, 2.24) is 10.6 Å². The number of ether oxygens (including phenoxy) is 1. The summed E-state index contributed by atoms with van der Waals surface area (Å²) in [6.07, 6.45) is 2.49. The van der Waals surface area contributed by atoms with Gasteiger partial charge in [0, 0.05) is 24.9 Å². The first-order valence-corrected chi connectivity index (χ1v) is 7.35. The Balaban J connectivity index is 2.11. The molecular formula is C12H24N2O2S. The number of thioether (sulfide) groups is 1. The number of carbonyl (C=O) groups excluding carboxylic acids is 1. The molecule has 17 heavy (non-hydrogen) atoms. The average molecular weight is 260 g/mol. The molecule has 100 valence electrons. The number of carbonyl (C=O) groups is 1. The molecule has 1 aliphatic heterocycles. The molecule has 0 aromatic carbocycles. The molecule has 0 aliphatic carbocycles. The lowest BCUT2D eigenvalue weighted by atomic mass is 10.1. The Morgan fingerprint density at radius 2 is 2.24 bits per heavy atom. The Hall–Kier alpha value is -0.420. The van der Waals surface area contributed by atoms with Crippen LogP contribution in [0.25, 0.3) is 0 Å². The van der Waals surface area contributed by atoms with Crippen molar-refractivity contribution in [1.29, 1.82) is 0 Å². The molecular weight excluding hydrogens is 236 g/mol. The lowest BCUT2D eigenvalue weighted by Crippen LogP contribution is -2.45. The van der Waals surface area contributed by atoms with Crippen molar-refractivity contribution < 1.29 is 9.53 Å². The first kappa shape index (κ1) is 14.6. The molecule has 1 fully saturated rings. The van der Waals surface area contributed by atoms with Gasteiger partial charge in [-0.15, -0.1) is 0 Å². The van der Waals surface area contributed by atoms with Crippen LogP contribution in [0, 0.1) is 0 Å². The smallest absolute Gasteiger partial charge is 0.314 e. The third kappa shape index (κ3) is 6.17. The summed E-state index contributed by atoms with van der Waals surface area (Å²) in [7, 11) is 0. The van der Waals surface area contributed by atoms with Crippen LogP contribution in [0.4, 0.5) is 4.79 Å². The van der Waals surface area contributed by atoms with E-state index in [0.29, 0.717) is 18.4 Å². The van der Waals surface area contributed by atoms with Gasteiger partial charge in [0.05, 0.1) is 5.60 Å². The van der Waals surface area contributed by atoms with Gasteiger partial charge in [0.25, 0.3) is 0 Å². The summed E-state index contributed by atoms with van der Waals surface area (Å²) in [4.78, 5) is 11.6. The summed E-state index contributed by atoms with van der Waals surface area (Å²) in [5.41, 5.74) is -0.297. The first-order chi connectivity index (χ1) is 8.03. The normalized spacial score (nSPS) is 20.3. The highest BCUT2D eigenvalue weighted by Gasteiger charge is 2.19. The lowest BCUT2D eigenvalue weighted by Gasteiger charge is -2.25. The zero-order valence-electron chi connectivity index (χ0n) is 11.0. The molecule has 0 bridgehead atoms. The Bertz CT molecular complexity index is 241. The van der Waals surface area contributed by atoms with Gasteiger partial charge in [-0.2, -0.15) is 11.8 Å². The van der Waals surface area contributed by atoms with Crippen molar-refractivity contribution in [2.45, 2.75) is 44.5 Å². The number of rotatable bonds is 6. The van der Waals surface area contributed by atoms with E-state index in [0.717, 1.165) is 6.54 Å². The molecule has 1 saturated heterocycles. The zero-order valence-corrected chi connectivity index (χ0v) is 11.9. The topological polar surface area (TPSA) is 50.4 Å². The fraction of sp³-hybridized carbons (Fsp3) is 0.917. The van der Waals surface area contributed by atoms with Gasteiger partial charge in [0.1, 0.15) is 0 Å². The van der Waals surface area contributed by atoms with Gasteiger partial charge in [-0.1, -0.05) is 0 Å². The highest BCUT2D eigenvalue weighted by molar-refractivity contribution is 8.00. The van der Waals surface area contributed by atoms with Gasteiger partial charge in [-0.25, -0.2) is 4.79 Å². The fourth-order valence-electron chi connectivity index (χ4n) is 1.81. The molecule has 5 heteroatoms. The Labute approximate surface area is 108 Å². The van der Waals surface area contributed by atoms with Gasteiger partial charge in [-0.05, 0) is 39.4 Å². The molecule has 0 aromatic rings. The minimum Gasteiger partial charge on any atom is -0.374 e. The van der Waals surface area contributed by atoms with E-state index in [2.05, 4.69) is 10.6 Å². The van der Waals surface area contributed by atoms with E-state index in [1.807, 2.05) is 32.5 Å². The molecule has 0 aromatic heterocycles. The molecule has 2 amide bonds. The summed E-state index contributed by atoms with van der Waals surface area (Å²) < 4.78 is 5.51. The van der Waals surface area contributed by atoms with Crippen LogP contribution >= 0.6 is 11.8 Å². The van der Waals surface area contributed by atoms with E-state index in [9.17, 15) is 4.79 Å². The molecule has 1 heterocycles. The number of urea groups is 1. The zero-order chi connectivity index (χ0) is 12.7. The number of nitrogens with one attached hydrogen (secondary N) is 2. The molecule has 4 nitrogen and oxygen atoms in total. The Morgan fingerprint density at radius 1 is 1.47 bits per heavy atom. The van der Waals surface area contributed by atoms with Crippen molar-refractivity contribution >= 4 is 17.8 Å². The van der Waals surface area contributed by atoms with Crippen LogP contribution in [0.5, 0.6) is 0 Å². The molecule has 0 unspecified atom stereocenters. The van der Waals surface area contributed by atoms with Crippen LogP contribution in [0.3, 0.4) is 0 Å². The molecule has 2 N–H and O–H groups in total. The van der Waals surface area contributed by atoms with E-state index in [1.54, 1.807) is 0 Å². The minimum atomic E-state index is -0.297. The molecule has 0 saturated carbocycles. The van der Waals surface area contributed by atoms with Gasteiger partial charge in [-0.3, -0.25) is 0 Å². The fourth-order valence-corrected chi connectivity index (χ4v) is 3.01. The van der Waals surface area contributed by atoms with Gasteiger partial charge in [0.2, 0.25) is 0 Å². The van der Waals surface area contributed by atoms with Crippen LogP contribution in [-0.4, -0.2) is 42.3 Å². The van der Waals surface area contributed by atoms with E-state index >= 15 is 0 Å². The highest BCUT2D eigenvalue weighted by atomic mass is 32.2. The van der Waals surface area contributed by atoms with Crippen LogP contribution in [0.15, 0.2) is 0 Å². The van der Waals surface area contributed by atoms with Gasteiger partial charge >= 0.3 is 6.03 Å². The molecule has 1 aliphatic rings. The summed E-state index contributed by atoms with van der Waals surface area (Å²) in [6, 6.07) is -0.0923. The second-order valence-corrected chi connectivity index (χ2v) is 6.30. The standard InChI is InChI=1S/C12H24N2O2S/c1-4-16-12(2,3)9-14-11(15)13-8-10-6-5-7-17-10/h10H,4-9H2,1-3H3,(H2,13,14,15)/t10-/m0/s1. The first-order valence-electron chi connectivity index (χ1n) is 6.31. The number of hydrogen-bond donors (Lipinski definition) is 2. The summed E-state index contributed by atoms with van der Waals surface area (Å²) in [5, 5.41) is 6.36. The van der Waals surface area contributed by atoms with E-state index < -0.39 is 0 Å². The maximum atomic E-state index is 11.6. The summed E-state index contributed by atoms with van der Waals surface area (Å²) in [6.45, 7) is 7.87. The van der Waals surface area contributed by atoms with Crippen LogP contribution in [-0.2, 0) is 4.74 Å². The number of amides is 2. The molecule has 1 rings (SSSR count). The second-order valence-electron chi connectivity index (χ2n) is 4.89. The Morgan fingerprint density at radius 3 is 2.82 bits per heavy atom. The Kier molecular flexibility index (Phi) is 6.12. The summed E-state index contributed by atoms with van der Waals surface area (Å²) in [5.74, 6) is 1.23. The van der Waals surface area contributed by atoms with Gasteiger partial charge < -0.3 is 15.4 Å². The third-order valence-corrected chi connectivity index (χ3v) is 4.12. The molecule has 0 spiro atoms. The van der Waals surface area contributed by atoms with Crippen molar-refractivity contribution in [2.24, 2.45) is 0 Å². The van der Waals surface area contributed by atoms with E-state index in [4.69, 9.17) is 4.74 Å². The largest absolute Gasteiger partial charge is 0.374 e. The monoisotopic (exact) mass is 260 g/mol. The van der Waals surface area contributed by atoms with Gasteiger partial charge in [0.15, 0.2) is 0 Å². The molecule has 0 radical (unpaired) electrons. The van der Waals surface area contributed by atoms with E-state index in [1.165, 1.54) is 18.6 Å². The van der Waals surface area contributed by atoms with E-state index in [-0.39, 0.29) is 11.6 Å². The van der Waals surface area contributed by atoms with Crippen molar-refractivity contribution in [3.63, 3.8) is 0 Å². The molecule has 1 atom stereocenters. The SMILES string of the molecule is CCOC(C)(C)CNC(=O)NC[C@@H]1CCCS1. The van der Waals surface area contributed by atoms with Crippen molar-refractivity contribution in [3.8, 4) is 0 Å². The minimum absolute atomic E-state index is 0.0923. The average Bonchev–Trinajstić information content (AvgIpc) is 2.76. The third-order valence-electron chi connectivity index (χ3n) is 2.72. The van der Waals surface area contributed by atoms with Crippen LogP contribution in [0.2, 0.25) is 0 Å². The van der Waals surface area contributed by atoms with Crippen LogP contribution < -0.4 is 10.6 Å². The summed E-state index contributed by atoms with van der Waals surface area (Å²) >= 11 is 1.95. The predicted molar refractivity (Wildman–Crippen MR) is 72.6 cm³/mol. The quantitative estimate of drug-likeness (QED) is 0.768. The lowest BCUT2D eigenvalue weighted by molar-refractivity contribution is -0.00689. The number of hydrogen-bond acceptors (Lipinski definition) is 3. The highest BCUT2D eigenvalue weighted by Crippen LogP contribution is 2.25. The predicted octanol–water partition coefficient (Wildman–Crippen LogP) is 2.00. The second kappa shape index (κ2) is 7.11. The van der Waals surface area contributed by atoms with Crippen molar-refractivity contribution in [2.75, 3.05) is 25.4 Å². The maximum absolute atomic E-state index is 11.6. The van der Waals surface area contributed by atoms with Crippen molar-refractivity contribution in [3.05, 3.63) is 0 Å². The maximum Gasteiger partial charge on any atom is 0.314 e. The van der Waals surface area contributed by atoms with Crippen LogP contribution in [0.1, 0.15) is 33.6 Å².